The molecule has 2 N–H and O–H groups in total. The Balaban J connectivity index is 2.66. The second-order valence-corrected chi connectivity index (χ2v) is 6.36. The van der Waals surface area contributed by atoms with Gasteiger partial charge in [-0.3, -0.25) is 0 Å². The molecule has 2 amide bonds. The van der Waals surface area contributed by atoms with E-state index in [1.807, 2.05) is 20.8 Å². The standard InChI is InChI=1S/C14H26N2O3/c1-5-6-9-16(10-7-8-10)13(19)15-11(12(17)18)14(2,3)4/h10-11H,5-9H2,1-4H3,(H,15,19)(H,17,18). The Hall–Kier alpha value is -1.26. The fraction of sp³-hybridized carbons (Fsp3) is 0.857. The van der Waals surface area contributed by atoms with Crippen molar-refractivity contribution >= 4 is 12.0 Å². The molecule has 1 fully saturated rings. The number of nitrogens with zero attached hydrogens (tertiary/aromatic N) is 1. The van der Waals surface area contributed by atoms with Gasteiger partial charge in [-0.2, -0.15) is 0 Å². The number of carbonyl (C=O) groups excluding carboxylic acids is 1. The molecule has 1 unspecified atom stereocenters. The summed E-state index contributed by atoms with van der Waals surface area (Å²) in [5.74, 6) is -0.980. The summed E-state index contributed by atoms with van der Waals surface area (Å²) in [6.07, 6.45) is 4.05. The number of amides is 2. The summed E-state index contributed by atoms with van der Waals surface area (Å²) in [6.45, 7) is 8.25. The number of carboxylic acids is 1. The predicted molar refractivity (Wildman–Crippen MR) is 74.0 cm³/mol. The summed E-state index contributed by atoms with van der Waals surface area (Å²) in [6, 6.07) is -0.790. The Kier molecular flexibility index (Phi) is 5.20. The van der Waals surface area contributed by atoms with Gasteiger partial charge >= 0.3 is 12.0 Å². The maximum atomic E-state index is 12.2. The second-order valence-electron chi connectivity index (χ2n) is 6.36. The van der Waals surface area contributed by atoms with Gasteiger partial charge in [0, 0.05) is 12.6 Å². The summed E-state index contributed by atoms with van der Waals surface area (Å²) in [5.41, 5.74) is -0.499. The molecule has 0 saturated heterocycles. The molecular weight excluding hydrogens is 244 g/mol. The molecule has 19 heavy (non-hydrogen) atoms. The normalized spacial score (nSPS) is 16.8. The Morgan fingerprint density at radius 3 is 2.32 bits per heavy atom. The highest BCUT2D eigenvalue weighted by molar-refractivity contribution is 5.83. The maximum Gasteiger partial charge on any atom is 0.326 e. The summed E-state index contributed by atoms with van der Waals surface area (Å²) in [4.78, 5) is 25.3. The van der Waals surface area contributed by atoms with Crippen LogP contribution in [0.25, 0.3) is 0 Å². The fourth-order valence-electron chi connectivity index (χ4n) is 2.02. The van der Waals surface area contributed by atoms with Gasteiger partial charge in [0.15, 0.2) is 0 Å². The number of hydrogen-bond acceptors (Lipinski definition) is 2. The van der Waals surface area contributed by atoms with Crippen molar-refractivity contribution in [3.8, 4) is 0 Å². The first-order valence-electron chi connectivity index (χ1n) is 7.07. The van der Waals surface area contributed by atoms with E-state index in [0.29, 0.717) is 12.6 Å². The number of urea groups is 1. The average molecular weight is 270 g/mol. The molecule has 0 heterocycles. The van der Waals surface area contributed by atoms with Crippen LogP contribution >= 0.6 is 0 Å². The highest BCUT2D eigenvalue weighted by Gasteiger charge is 2.37. The zero-order valence-electron chi connectivity index (χ0n) is 12.4. The number of hydrogen-bond donors (Lipinski definition) is 2. The van der Waals surface area contributed by atoms with E-state index in [1.54, 1.807) is 4.90 Å². The van der Waals surface area contributed by atoms with Crippen LogP contribution in [-0.2, 0) is 4.79 Å². The van der Waals surface area contributed by atoms with E-state index < -0.39 is 17.4 Å². The number of aliphatic carboxylic acids is 1. The molecule has 0 spiro atoms. The number of unbranched alkanes of at least 4 members (excludes halogenated alkanes) is 1. The molecule has 5 heteroatoms. The molecule has 1 aliphatic rings. The van der Waals surface area contributed by atoms with Crippen LogP contribution in [0.5, 0.6) is 0 Å². The average Bonchev–Trinajstić information content (AvgIpc) is 3.08. The van der Waals surface area contributed by atoms with Crippen molar-refractivity contribution in [3.05, 3.63) is 0 Å². The van der Waals surface area contributed by atoms with E-state index in [4.69, 9.17) is 0 Å². The highest BCUT2D eigenvalue weighted by Crippen LogP contribution is 2.28. The van der Waals surface area contributed by atoms with Gasteiger partial charge in [-0.1, -0.05) is 34.1 Å². The lowest BCUT2D eigenvalue weighted by Gasteiger charge is -2.31. The molecule has 1 rings (SSSR count). The van der Waals surface area contributed by atoms with Gasteiger partial charge in [-0.25, -0.2) is 9.59 Å². The molecule has 0 aliphatic heterocycles. The van der Waals surface area contributed by atoms with Gasteiger partial charge in [-0.15, -0.1) is 0 Å². The molecule has 0 aromatic rings. The fourth-order valence-corrected chi connectivity index (χ4v) is 2.02. The third-order valence-electron chi connectivity index (χ3n) is 3.38. The zero-order valence-corrected chi connectivity index (χ0v) is 12.4. The topological polar surface area (TPSA) is 69.6 Å². The van der Waals surface area contributed by atoms with Gasteiger partial charge in [0.05, 0.1) is 0 Å². The highest BCUT2D eigenvalue weighted by atomic mass is 16.4. The minimum atomic E-state index is -0.980. The molecule has 1 atom stereocenters. The van der Waals surface area contributed by atoms with Gasteiger partial charge < -0.3 is 15.3 Å². The number of nitrogens with one attached hydrogen (secondary N) is 1. The van der Waals surface area contributed by atoms with Crippen molar-refractivity contribution in [1.29, 1.82) is 0 Å². The SMILES string of the molecule is CCCCN(C(=O)NC(C(=O)O)C(C)(C)C)C1CC1. The van der Waals surface area contributed by atoms with Crippen LogP contribution in [-0.4, -0.2) is 40.6 Å². The van der Waals surface area contributed by atoms with Crippen LogP contribution in [0.15, 0.2) is 0 Å². The quantitative estimate of drug-likeness (QED) is 0.779. The molecule has 0 radical (unpaired) electrons. The van der Waals surface area contributed by atoms with E-state index >= 15 is 0 Å². The number of rotatable bonds is 6. The number of carbonyl (C=O) groups is 2. The van der Waals surface area contributed by atoms with Crippen LogP contribution in [0.3, 0.4) is 0 Å². The van der Waals surface area contributed by atoms with Gasteiger partial charge in [0.25, 0.3) is 0 Å². The van der Waals surface area contributed by atoms with Crippen LogP contribution in [0.1, 0.15) is 53.4 Å². The lowest BCUT2D eigenvalue weighted by atomic mass is 9.87. The molecule has 0 aromatic carbocycles. The third kappa shape index (κ3) is 4.73. The lowest BCUT2D eigenvalue weighted by molar-refractivity contribution is -0.142. The van der Waals surface area contributed by atoms with Crippen molar-refractivity contribution in [2.45, 2.75) is 65.5 Å². The smallest absolute Gasteiger partial charge is 0.326 e. The Morgan fingerprint density at radius 1 is 1.37 bits per heavy atom. The van der Waals surface area contributed by atoms with Crippen LogP contribution in [0, 0.1) is 5.41 Å². The Bertz CT molecular complexity index is 332. The van der Waals surface area contributed by atoms with E-state index in [1.165, 1.54) is 0 Å². The molecule has 1 saturated carbocycles. The van der Waals surface area contributed by atoms with Crippen molar-refractivity contribution in [3.63, 3.8) is 0 Å². The maximum absolute atomic E-state index is 12.2. The van der Waals surface area contributed by atoms with E-state index in [2.05, 4.69) is 12.2 Å². The minimum Gasteiger partial charge on any atom is -0.480 e. The van der Waals surface area contributed by atoms with Crippen LogP contribution in [0.4, 0.5) is 4.79 Å². The van der Waals surface area contributed by atoms with Crippen LogP contribution in [0.2, 0.25) is 0 Å². The van der Waals surface area contributed by atoms with E-state index in [9.17, 15) is 14.7 Å². The van der Waals surface area contributed by atoms with Gasteiger partial charge in [-0.05, 0) is 24.7 Å². The first kappa shape index (κ1) is 15.8. The predicted octanol–water partition coefficient (Wildman–Crippen LogP) is 2.46. The Morgan fingerprint density at radius 2 is 1.95 bits per heavy atom. The first-order valence-corrected chi connectivity index (χ1v) is 7.07. The summed E-state index contributed by atoms with van der Waals surface area (Å²) in [7, 11) is 0. The summed E-state index contributed by atoms with van der Waals surface area (Å²) in [5, 5.41) is 11.9. The molecule has 5 nitrogen and oxygen atoms in total. The second kappa shape index (κ2) is 6.26. The van der Waals surface area contributed by atoms with Crippen molar-refractivity contribution < 1.29 is 14.7 Å². The molecular formula is C14H26N2O3. The van der Waals surface area contributed by atoms with Crippen molar-refractivity contribution in [1.82, 2.24) is 10.2 Å². The van der Waals surface area contributed by atoms with E-state index in [0.717, 1.165) is 25.7 Å². The monoisotopic (exact) mass is 270 g/mol. The van der Waals surface area contributed by atoms with E-state index in [-0.39, 0.29) is 6.03 Å². The molecule has 1 aliphatic carbocycles. The Labute approximate surface area is 115 Å². The largest absolute Gasteiger partial charge is 0.480 e. The van der Waals surface area contributed by atoms with Crippen molar-refractivity contribution in [2.24, 2.45) is 5.41 Å². The third-order valence-corrected chi connectivity index (χ3v) is 3.38. The van der Waals surface area contributed by atoms with Gasteiger partial charge in [0.1, 0.15) is 6.04 Å². The first-order chi connectivity index (χ1) is 8.77. The molecule has 0 aromatic heterocycles. The van der Waals surface area contributed by atoms with Crippen molar-refractivity contribution in [2.75, 3.05) is 6.54 Å². The number of carboxylic acid groups (broad SMARTS) is 1. The zero-order chi connectivity index (χ0) is 14.6. The minimum absolute atomic E-state index is 0.238. The van der Waals surface area contributed by atoms with Crippen LogP contribution < -0.4 is 5.32 Å². The lowest BCUT2D eigenvalue weighted by Crippen LogP contribution is -2.54. The molecule has 110 valence electrons. The summed E-state index contributed by atoms with van der Waals surface area (Å²) >= 11 is 0. The van der Waals surface area contributed by atoms with Gasteiger partial charge in [0.2, 0.25) is 0 Å². The molecule has 0 bridgehead atoms. The summed E-state index contributed by atoms with van der Waals surface area (Å²) < 4.78 is 0.